The Hall–Kier alpha value is -0.800. The van der Waals surface area contributed by atoms with Crippen LogP contribution in [0.15, 0.2) is 17.1 Å². The first-order chi connectivity index (χ1) is 15.4. The molecule has 1 rings (SSSR count). The topological polar surface area (TPSA) is 109 Å². The van der Waals surface area contributed by atoms with Gasteiger partial charge in [-0.25, -0.2) is 13.4 Å². The number of unbranched alkanes of at least 4 members (excludes halogenated alkanes) is 12. The molecular weight excluding hydrogens is 426 g/mol. The molecule has 1 heterocycles. The van der Waals surface area contributed by atoms with Crippen LogP contribution in [0.4, 0.5) is 0 Å². The minimum atomic E-state index is -4.41. The molecule has 0 bridgehead atoms. The highest BCUT2D eigenvalue weighted by Crippen LogP contribution is 2.10. The van der Waals surface area contributed by atoms with Crippen LogP contribution >= 0.6 is 0 Å². The second-order valence-corrected chi connectivity index (χ2v) is 9.63. The minimum absolute atomic E-state index is 0.780. The van der Waals surface area contributed by atoms with Gasteiger partial charge in [0.2, 0.25) is 10.4 Å². The second kappa shape index (κ2) is 22.0. The lowest BCUT2D eigenvalue weighted by molar-refractivity contribution is -0.797. The molecule has 1 atom stereocenters. The van der Waals surface area contributed by atoms with E-state index < -0.39 is 10.4 Å². The Morgan fingerprint density at radius 2 is 1.47 bits per heavy atom. The van der Waals surface area contributed by atoms with E-state index in [1.54, 1.807) is 4.90 Å². The molecule has 190 valence electrons. The molecule has 0 spiro atoms. The molecule has 0 saturated carbocycles. The average molecular weight is 476 g/mol. The summed E-state index contributed by atoms with van der Waals surface area (Å²) < 4.78 is 31.0. The lowest BCUT2D eigenvalue weighted by Gasteiger charge is -2.13. The van der Waals surface area contributed by atoms with Crippen LogP contribution < -0.4 is 10.6 Å². The predicted octanol–water partition coefficient (Wildman–Crippen LogP) is 3.76. The Balaban J connectivity index is 0.00000140. The van der Waals surface area contributed by atoms with Crippen molar-refractivity contribution in [1.29, 1.82) is 0 Å². The summed E-state index contributed by atoms with van der Waals surface area (Å²) in [7, 11) is -3.60. The Labute approximate surface area is 197 Å². The maximum absolute atomic E-state index is 9.22. The lowest BCUT2D eigenvalue weighted by Crippen LogP contribution is -3.14. The zero-order valence-corrected chi connectivity index (χ0v) is 21.5. The van der Waals surface area contributed by atoms with Crippen LogP contribution in [-0.2, 0) is 14.6 Å². The van der Waals surface area contributed by atoms with E-state index in [2.05, 4.69) is 28.3 Å². The third-order valence-corrected chi connectivity index (χ3v) is 6.11. The Bertz CT molecular complexity index is 580. The maximum Gasteiger partial charge on any atom is 0.217 e. The van der Waals surface area contributed by atoms with E-state index in [1.807, 2.05) is 0 Å². The van der Waals surface area contributed by atoms with Gasteiger partial charge in [-0.1, -0.05) is 76.9 Å². The molecule has 7 nitrogen and oxygen atoms in total. The number of nitrogens with zero attached hydrogens (tertiary/aromatic N) is 1. The standard InChI is InChI=1S/C23H45N3.CH4O4S/c1-2-3-4-5-6-7-8-9-10-11-12-13-14-15-16-17-18-23-25-20-22-26(23)21-19-24;1-5-6(2,3)4/h9-10H,2-8,11-22,24H2,1H3;1H3,(H,2,3,4)/b10-9-;. The number of rotatable bonds is 19. The first kappa shape index (κ1) is 31.2. The summed E-state index contributed by atoms with van der Waals surface area (Å²) in [6.07, 6.45) is 25.3. The number of amidine groups is 1. The fraction of sp³-hybridized carbons (Fsp3) is 0.875. The summed E-state index contributed by atoms with van der Waals surface area (Å²) in [5.41, 5.74) is 5.68. The number of hydrogen-bond donors (Lipinski definition) is 2. The van der Waals surface area contributed by atoms with Crippen molar-refractivity contribution in [2.24, 2.45) is 10.7 Å². The zero-order chi connectivity index (χ0) is 23.9. The van der Waals surface area contributed by atoms with Crippen molar-refractivity contribution in [1.82, 2.24) is 0 Å². The molecule has 0 radical (unpaired) electrons. The summed E-state index contributed by atoms with van der Waals surface area (Å²) >= 11 is 0. The summed E-state index contributed by atoms with van der Waals surface area (Å²) in [6, 6.07) is 0. The van der Waals surface area contributed by atoms with E-state index >= 15 is 0 Å². The van der Waals surface area contributed by atoms with Crippen LogP contribution in [0.2, 0.25) is 0 Å². The monoisotopic (exact) mass is 475 g/mol. The highest BCUT2D eigenvalue weighted by atomic mass is 32.3. The van der Waals surface area contributed by atoms with Gasteiger partial charge in [-0.05, 0) is 32.1 Å². The summed E-state index contributed by atoms with van der Waals surface area (Å²) in [5.74, 6) is 1.39. The predicted molar refractivity (Wildman–Crippen MR) is 133 cm³/mol. The van der Waals surface area contributed by atoms with Gasteiger partial charge in [-0.2, -0.15) is 0 Å². The van der Waals surface area contributed by atoms with Crippen LogP contribution in [0.25, 0.3) is 0 Å². The van der Waals surface area contributed by atoms with E-state index in [0.717, 1.165) is 26.7 Å². The van der Waals surface area contributed by atoms with Crippen LogP contribution in [-0.4, -0.2) is 52.1 Å². The first-order valence-electron chi connectivity index (χ1n) is 12.7. The molecule has 0 fully saturated rings. The molecule has 0 aromatic rings. The van der Waals surface area contributed by atoms with Gasteiger partial charge in [0.25, 0.3) is 0 Å². The highest BCUT2D eigenvalue weighted by molar-refractivity contribution is 7.80. The van der Waals surface area contributed by atoms with Gasteiger partial charge in [-0.15, -0.1) is 0 Å². The summed E-state index contributed by atoms with van der Waals surface area (Å²) in [6.45, 7) is 6.30. The van der Waals surface area contributed by atoms with Crippen molar-refractivity contribution < 1.29 is 22.1 Å². The number of hydrogen-bond acceptors (Lipinski definition) is 6. The van der Waals surface area contributed by atoms with Gasteiger partial charge in [0.15, 0.2) is 5.84 Å². The van der Waals surface area contributed by atoms with E-state index in [1.165, 1.54) is 109 Å². The van der Waals surface area contributed by atoms with Crippen LogP contribution in [0.1, 0.15) is 103 Å². The molecule has 0 amide bonds. The number of quaternary nitrogens is 1. The van der Waals surface area contributed by atoms with Gasteiger partial charge >= 0.3 is 0 Å². The van der Waals surface area contributed by atoms with Crippen molar-refractivity contribution in [3.8, 4) is 0 Å². The van der Waals surface area contributed by atoms with Crippen molar-refractivity contribution in [3.63, 3.8) is 0 Å². The molecule has 0 aliphatic carbocycles. The minimum Gasteiger partial charge on any atom is -0.726 e. The molecule has 0 aromatic heterocycles. The summed E-state index contributed by atoms with van der Waals surface area (Å²) in [5, 5.41) is 0. The Morgan fingerprint density at radius 3 is 1.97 bits per heavy atom. The maximum atomic E-state index is 9.22. The lowest BCUT2D eigenvalue weighted by atomic mass is 10.1. The molecule has 1 aliphatic rings. The first-order valence-corrected chi connectivity index (χ1v) is 14.0. The van der Waals surface area contributed by atoms with Crippen molar-refractivity contribution >= 4 is 16.2 Å². The normalized spacial score (nSPS) is 16.2. The molecule has 1 aliphatic heterocycles. The average Bonchev–Trinajstić information content (AvgIpc) is 3.20. The van der Waals surface area contributed by atoms with Gasteiger partial charge in [0.1, 0.15) is 6.54 Å². The van der Waals surface area contributed by atoms with Crippen LogP contribution in [0, 0.1) is 0 Å². The molecule has 1 unspecified atom stereocenters. The molecule has 8 heteroatoms. The Morgan fingerprint density at radius 1 is 0.969 bits per heavy atom. The number of aliphatic imine (C=N–C) groups is 1. The molecular formula is C24H49N3O4S. The quantitative estimate of drug-likeness (QED) is 0.128. The van der Waals surface area contributed by atoms with Gasteiger partial charge in [0, 0.05) is 13.0 Å². The van der Waals surface area contributed by atoms with Gasteiger partial charge in [0.05, 0.1) is 20.2 Å². The van der Waals surface area contributed by atoms with E-state index in [4.69, 9.17) is 5.73 Å². The van der Waals surface area contributed by atoms with Crippen molar-refractivity contribution in [2.75, 3.05) is 33.3 Å². The fourth-order valence-electron chi connectivity index (χ4n) is 3.82. The zero-order valence-electron chi connectivity index (χ0n) is 20.7. The summed E-state index contributed by atoms with van der Waals surface area (Å²) in [4.78, 5) is 6.20. The largest absolute Gasteiger partial charge is 0.726 e. The third-order valence-electron chi connectivity index (χ3n) is 5.70. The molecule has 0 saturated heterocycles. The smallest absolute Gasteiger partial charge is 0.217 e. The van der Waals surface area contributed by atoms with Gasteiger partial charge in [-0.3, -0.25) is 9.08 Å². The molecule has 32 heavy (non-hydrogen) atoms. The molecule has 3 N–H and O–H groups in total. The fourth-order valence-corrected chi connectivity index (χ4v) is 3.82. The number of nitrogens with two attached hydrogens (primary N) is 1. The van der Waals surface area contributed by atoms with Crippen molar-refractivity contribution in [2.45, 2.75) is 103 Å². The Kier molecular flexibility index (Phi) is 21.5. The SMILES string of the molecule is CCCCCCCC/C=C\CCCCCCCCC1=NCC[NH+]1CCN.COS(=O)(=O)[O-]. The number of nitrogens with one attached hydrogen (secondary N) is 1. The van der Waals surface area contributed by atoms with E-state index in [9.17, 15) is 13.0 Å². The number of allylic oxidation sites excluding steroid dienone is 2. The second-order valence-electron chi connectivity index (χ2n) is 8.48. The van der Waals surface area contributed by atoms with E-state index in [0.29, 0.717) is 0 Å². The van der Waals surface area contributed by atoms with Crippen molar-refractivity contribution in [3.05, 3.63) is 12.2 Å². The third kappa shape index (κ3) is 21.1. The van der Waals surface area contributed by atoms with Crippen LogP contribution in [0.5, 0.6) is 0 Å². The van der Waals surface area contributed by atoms with Crippen LogP contribution in [0.3, 0.4) is 0 Å². The molecule has 0 aromatic carbocycles. The highest BCUT2D eigenvalue weighted by Gasteiger charge is 2.20. The van der Waals surface area contributed by atoms with E-state index in [-0.39, 0.29) is 0 Å². The van der Waals surface area contributed by atoms with Gasteiger partial charge < -0.3 is 10.3 Å².